The van der Waals surface area contributed by atoms with Crippen molar-refractivity contribution in [2.24, 2.45) is 22.3 Å². The molecular formula is C85H137IN10O14Sn3. The van der Waals surface area contributed by atoms with Gasteiger partial charge in [-0.1, -0.05) is 39.8 Å². The van der Waals surface area contributed by atoms with Crippen molar-refractivity contribution in [1.29, 1.82) is 0 Å². The molecule has 28 heteroatoms. The molecule has 0 aliphatic heterocycles. The zero-order valence-corrected chi connectivity index (χ0v) is 82.4. The Morgan fingerprint density at radius 3 is 1.08 bits per heavy atom. The van der Waals surface area contributed by atoms with Crippen molar-refractivity contribution in [2.45, 2.75) is 150 Å². The molecule has 630 valence electrons. The summed E-state index contributed by atoms with van der Waals surface area (Å²) in [6.07, 6.45) is 5.87. The summed E-state index contributed by atoms with van der Waals surface area (Å²) in [5.74, 6) is -0.781. The van der Waals surface area contributed by atoms with E-state index in [0.717, 1.165) is 98.9 Å². The Balaban J connectivity index is 0.000000369. The number of nitrogens with zero attached hydrogens (tertiary/aromatic N) is 4. The number of benzene rings is 4. The number of hydrogen-bond acceptors (Lipinski definition) is 20. The zero-order valence-electron chi connectivity index (χ0n) is 70.8. The maximum atomic E-state index is 12.9. The Kier molecular flexibility index (Phi) is 48.2. The molecule has 2 aromatic heterocycles. The maximum absolute atomic E-state index is 12.9. The average Bonchev–Trinajstić information content (AvgIpc) is 1.54. The number of primary amides is 2. The quantitative estimate of drug-likeness (QED) is 0.0117. The van der Waals surface area contributed by atoms with E-state index in [1.54, 1.807) is 15.7 Å². The standard InChI is InChI=1S/C38H54IN5O7.C38H54N5O7.9CH3.3Sn.2H/c1-28-36-34(25-38(2,3)26-35(36)45)44(43-28)31-9-10-32(37(40)46)33(24-31)42-12-6-14-48-16-18-50-20-22-51-21-19-49-17-15-47-13-5-11-41-27-29-7-4-8-30(39)23-29;1-29-36-34(26-38(2,3)27-35(36)44)43(42-29)31-11-12-32(37(39)45)33(25-31)41-14-8-16-47-18-20-49-22-24-50-23-21-48-19-17-46-15-7-13-40-28-30-9-5-4-6-10-30;;;;;;;;;;;;;;/h4,7-10,23-24,41-42H,5-6,11-22,25-27H2,1-3H3,(H2,40,46);4-5,9-12,25,40-41H,7-8,13-24,26-28H2,1-3H3,(H2,39,45);9*1H3;;;;;. The molecule has 6 aromatic rings. The first kappa shape index (κ1) is 99.4. The molecule has 2 amide bonds. The van der Waals surface area contributed by atoms with Crippen LogP contribution in [-0.2, 0) is 73.3 Å². The van der Waals surface area contributed by atoms with Crippen molar-refractivity contribution in [2.75, 3.05) is 169 Å². The SMILES string of the molecule is Cc1nn(-c2ccc(C(N)=O)c(NCCCOCCOCCOCCOCCOCCCNCc3ccc[c]([Sn]([CH3])([CH3])[CH3])c3)c2)c2c1C(=O)CC(C)(C)C2.Cc1nn(-c2ccc(C(N)=O)c(NCCCOCCOCCOCCOCCOCCCNCc3cccc(I)c3)c2)c2c1C(=O)CC(C)(C)C2.[CH3][SnH]([CH3])[CH3].[CH3][SnH]([CH3])[CH3]. The van der Waals surface area contributed by atoms with Gasteiger partial charge in [0, 0.05) is 67.2 Å². The second kappa shape index (κ2) is 54.8. The van der Waals surface area contributed by atoms with Crippen LogP contribution < -0.4 is 36.3 Å². The van der Waals surface area contributed by atoms with Crippen LogP contribution in [0, 0.1) is 28.2 Å². The van der Waals surface area contributed by atoms with Gasteiger partial charge in [-0.15, -0.1) is 0 Å². The van der Waals surface area contributed by atoms with Crippen LogP contribution in [0.1, 0.15) is 142 Å². The van der Waals surface area contributed by atoms with Crippen LogP contribution in [0.25, 0.3) is 11.4 Å². The van der Waals surface area contributed by atoms with E-state index in [4.69, 9.17) is 69.0 Å². The number of rotatable bonds is 51. The minimum atomic E-state index is -2.02. The van der Waals surface area contributed by atoms with Crippen LogP contribution in [0.2, 0.25) is 44.5 Å². The number of Topliss-reactive ketones (excluding diaryl/α,β-unsaturated/α-hetero) is 2. The molecular weight excluding hydrogens is 1870 g/mol. The van der Waals surface area contributed by atoms with Crippen LogP contribution >= 0.6 is 22.6 Å². The topological polar surface area (TPSA) is 296 Å². The molecule has 0 saturated heterocycles. The van der Waals surface area contributed by atoms with Gasteiger partial charge in [-0.05, 0) is 140 Å². The van der Waals surface area contributed by atoms with Crippen molar-refractivity contribution < 1.29 is 66.5 Å². The molecule has 0 radical (unpaired) electrons. The predicted octanol–water partition coefficient (Wildman–Crippen LogP) is 12.4. The van der Waals surface area contributed by atoms with Gasteiger partial charge in [0.1, 0.15) is 0 Å². The van der Waals surface area contributed by atoms with Crippen molar-refractivity contribution in [3.8, 4) is 11.4 Å². The molecule has 8 N–H and O–H groups in total. The summed E-state index contributed by atoms with van der Waals surface area (Å²) < 4.78 is 62.7. The summed E-state index contributed by atoms with van der Waals surface area (Å²) in [4.78, 5) is 71.6. The van der Waals surface area contributed by atoms with Crippen molar-refractivity contribution >= 4 is 119 Å². The number of hydrogen-bond donors (Lipinski definition) is 6. The van der Waals surface area contributed by atoms with Crippen LogP contribution in [0.5, 0.6) is 0 Å². The predicted molar refractivity (Wildman–Crippen MR) is 472 cm³/mol. The first-order valence-corrected chi connectivity index (χ1v) is 71.4. The fraction of sp³-hybridized carbons (Fsp3) is 0.600. The number of halogens is 1. The molecule has 0 saturated carbocycles. The Morgan fingerprint density at radius 2 is 0.761 bits per heavy atom. The summed E-state index contributed by atoms with van der Waals surface area (Å²) in [5, 5.41) is 23.0. The van der Waals surface area contributed by atoms with Crippen LogP contribution in [0.3, 0.4) is 0 Å². The van der Waals surface area contributed by atoms with E-state index in [1.807, 2.05) is 47.5 Å². The fourth-order valence-electron chi connectivity index (χ4n) is 12.4. The van der Waals surface area contributed by atoms with Gasteiger partial charge in [0.25, 0.3) is 11.8 Å². The van der Waals surface area contributed by atoms with Crippen molar-refractivity contribution in [1.82, 2.24) is 30.2 Å². The monoisotopic (exact) mass is 2010 g/mol. The Labute approximate surface area is 707 Å². The Morgan fingerprint density at radius 1 is 0.451 bits per heavy atom. The third kappa shape index (κ3) is 40.0. The van der Waals surface area contributed by atoms with Crippen molar-refractivity contribution in [3.05, 3.63) is 145 Å². The van der Waals surface area contributed by atoms with Gasteiger partial charge < -0.3 is 65.3 Å². The van der Waals surface area contributed by atoms with Gasteiger partial charge in [0.15, 0.2) is 11.6 Å². The normalized spacial score (nSPS) is 13.5. The molecule has 0 fully saturated rings. The molecule has 4 aromatic carbocycles. The van der Waals surface area contributed by atoms with Gasteiger partial charge in [-0.25, -0.2) is 9.36 Å². The summed E-state index contributed by atoms with van der Waals surface area (Å²) in [7, 11) is 0. The van der Waals surface area contributed by atoms with E-state index >= 15 is 0 Å². The van der Waals surface area contributed by atoms with Gasteiger partial charge in [-0.2, -0.15) is 10.2 Å². The summed E-state index contributed by atoms with van der Waals surface area (Å²) in [6, 6.07) is 28.3. The number of nitrogens with one attached hydrogen (secondary N) is 4. The second-order valence-corrected chi connectivity index (χ2v) is 68.0. The third-order valence-corrected chi connectivity index (χ3v) is 24.1. The van der Waals surface area contributed by atoms with Crippen LogP contribution in [0.4, 0.5) is 11.4 Å². The molecule has 2 aliphatic carbocycles. The molecule has 0 unspecified atom stereocenters. The van der Waals surface area contributed by atoms with E-state index in [-0.39, 0.29) is 22.4 Å². The molecule has 0 atom stereocenters. The Hall–Kier alpha value is -4.17. The third-order valence-electron chi connectivity index (χ3n) is 17.6. The molecule has 113 heavy (non-hydrogen) atoms. The van der Waals surface area contributed by atoms with Crippen LogP contribution in [0.15, 0.2) is 84.9 Å². The zero-order chi connectivity index (χ0) is 82.6. The number of carbonyl (C=O) groups is 4. The van der Waals surface area contributed by atoms with E-state index in [9.17, 15) is 19.2 Å². The number of anilines is 2. The molecule has 0 bridgehead atoms. The second-order valence-electron chi connectivity index (χ2n) is 32.5. The first-order valence-electron chi connectivity index (χ1n) is 40.6. The van der Waals surface area contributed by atoms with Crippen molar-refractivity contribution in [3.63, 3.8) is 0 Å². The van der Waals surface area contributed by atoms with Gasteiger partial charge in [0.2, 0.25) is 0 Å². The summed E-state index contributed by atoms with van der Waals surface area (Å²) >= 11 is -0.959. The molecule has 0 spiro atoms. The van der Waals surface area contributed by atoms with Gasteiger partial charge >= 0.3 is 190 Å². The summed E-state index contributed by atoms with van der Waals surface area (Å²) in [6.45, 7) is 27.6. The van der Waals surface area contributed by atoms with Gasteiger partial charge in [0.05, 0.1) is 149 Å². The van der Waals surface area contributed by atoms with Gasteiger partial charge in [-0.3, -0.25) is 19.2 Å². The number of aromatic nitrogens is 4. The molecule has 24 nitrogen and oxygen atoms in total. The fourth-order valence-corrected chi connectivity index (χ4v) is 16.4. The van der Waals surface area contributed by atoms with E-state index < -0.39 is 69.7 Å². The number of nitrogens with two attached hydrogens (primary N) is 2. The van der Waals surface area contributed by atoms with E-state index in [1.165, 1.54) is 14.7 Å². The van der Waals surface area contributed by atoms with E-state index in [2.05, 4.69) is 165 Å². The number of amides is 2. The first-order chi connectivity index (χ1) is 54.0. The summed E-state index contributed by atoms with van der Waals surface area (Å²) in [5.41, 5.74) is 22.0. The Bertz CT molecular complexity index is 3760. The number of fused-ring (bicyclic) bond motifs is 2. The average molecular weight is 2010 g/mol. The number of carbonyl (C=O) groups excluding carboxylic acids is 4. The molecule has 2 aliphatic rings. The number of ketones is 2. The van der Waals surface area contributed by atoms with Crippen LogP contribution in [-0.4, -0.2) is 259 Å². The minimum absolute atomic E-state index is 0.124. The van der Waals surface area contributed by atoms with E-state index in [0.29, 0.717) is 192 Å². The number of ether oxygens (including phenoxy) is 10. The molecule has 8 rings (SSSR count). The molecule has 2 heterocycles. The number of aryl methyl sites for hydroxylation is 2.